The van der Waals surface area contributed by atoms with Crippen LogP contribution < -0.4 is 10.6 Å². The molecule has 1 aliphatic carbocycles. The SMILES string of the molecule is c1ccc2c(c1)CC(Nc1ccc3c(NCc4cccc5[nH]ccc45)cccc3n1)C2. The zero-order chi connectivity index (χ0) is 20.6. The molecular weight excluding hydrogens is 380 g/mol. The third-order valence-electron chi connectivity index (χ3n) is 6.29. The minimum Gasteiger partial charge on any atom is -0.380 e. The Kier molecular flexibility index (Phi) is 4.34. The molecule has 0 amide bonds. The summed E-state index contributed by atoms with van der Waals surface area (Å²) in [5, 5.41) is 9.66. The van der Waals surface area contributed by atoms with E-state index in [0.29, 0.717) is 6.04 Å². The minimum atomic E-state index is 0.408. The number of aromatic nitrogens is 2. The molecule has 3 aromatic carbocycles. The van der Waals surface area contributed by atoms with E-state index in [1.807, 2.05) is 6.20 Å². The van der Waals surface area contributed by atoms with Crippen molar-refractivity contribution < 1.29 is 0 Å². The summed E-state index contributed by atoms with van der Waals surface area (Å²) in [5.74, 6) is 0.944. The molecule has 2 aromatic heterocycles. The van der Waals surface area contributed by atoms with E-state index < -0.39 is 0 Å². The number of anilines is 2. The molecule has 0 fully saturated rings. The molecule has 6 rings (SSSR count). The fraction of sp³-hybridized carbons (Fsp3) is 0.148. The highest BCUT2D eigenvalue weighted by Gasteiger charge is 2.21. The zero-order valence-electron chi connectivity index (χ0n) is 17.2. The van der Waals surface area contributed by atoms with Gasteiger partial charge in [0.1, 0.15) is 5.82 Å². The van der Waals surface area contributed by atoms with Crippen LogP contribution in [0.2, 0.25) is 0 Å². The molecule has 1 aliphatic rings. The third kappa shape index (κ3) is 3.40. The van der Waals surface area contributed by atoms with Crippen molar-refractivity contribution in [2.24, 2.45) is 0 Å². The van der Waals surface area contributed by atoms with Crippen LogP contribution in [0.1, 0.15) is 16.7 Å². The lowest BCUT2D eigenvalue weighted by atomic mass is 10.1. The summed E-state index contributed by atoms with van der Waals surface area (Å²) in [6, 6.07) is 28.2. The van der Waals surface area contributed by atoms with Crippen molar-refractivity contribution in [3.63, 3.8) is 0 Å². The van der Waals surface area contributed by atoms with E-state index in [-0.39, 0.29) is 0 Å². The highest BCUT2D eigenvalue weighted by atomic mass is 15.0. The Morgan fingerprint density at radius 2 is 1.65 bits per heavy atom. The number of aromatic amines is 1. The molecule has 4 heteroatoms. The van der Waals surface area contributed by atoms with Crippen LogP contribution in [0.3, 0.4) is 0 Å². The van der Waals surface area contributed by atoms with Crippen molar-refractivity contribution in [1.29, 1.82) is 0 Å². The number of rotatable bonds is 5. The van der Waals surface area contributed by atoms with Gasteiger partial charge in [-0.05, 0) is 65.9 Å². The fourth-order valence-electron chi connectivity index (χ4n) is 4.75. The lowest BCUT2D eigenvalue weighted by Crippen LogP contribution is -2.20. The minimum absolute atomic E-state index is 0.408. The molecule has 0 spiro atoms. The van der Waals surface area contributed by atoms with Gasteiger partial charge in [0.25, 0.3) is 0 Å². The number of nitrogens with one attached hydrogen (secondary N) is 3. The molecular formula is C27H24N4. The monoisotopic (exact) mass is 404 g/mol. The van der Waals surface area contributed by atoms with Gasteiger partial charge in [0.15, 0.2) is 0 Å². The number of H-pyrrole nitrogens is 1. The van der Waals surface area contributed by atoms with Gasteiger partial charge in [-0.2, -0.15) is 0 Å². The second-order valence-corrected chi connectivity index (χ2v) is 8.30. The smallest absolute Gasteiger partial charge is 0.126 e. The second kappa shape index (κ2) is 7.47. The quantitative estimate of drug-likeness (QED) is 0.341. The maximum Gasteiger partial charge on any atom is 0.126 e. The van der Waals surface area contributed by atoms with Crippen LogP contribution in [0.5, 0.6) is 0 Å². The summed E-state index contributed by atoms with van der Waals surface area (Å²) in [5.41, 5.74) is 7.46. The topological polar surface area (TPSA) is 52.7 Å². The lowest BCUT2D eigenvalue weighted by Gasteiger charge is -2.15. The average molecular weight is 405 g/mol. The largest absolute Gasteiger partial charge is 0.380 e. The van der Waals surface area contributed by atoms with Gasteiger partial charge >= 0.3 is 0 Å². The first-order chi connectivity index (χ1) is 15.3. The van der Waals surface area contributed by atoms with Gasteiger partial charge < -0.3 is 15.6 Å². The van der Waals surface area contributed by atoms with E-state index in [1.54, 1.807) is 0 Å². The Morgan fingerprint density at radius 3 is 2.52 bits per heavy atom. The average Bonchev–Trinajstić information content (AvgIpc) is 3.44. The Balaban J connectivity index is 1.21. The van der Waals surface area contributed by atoms with Crippen LogP contribution in [-0.2, 0) is 19.4 Å². The normalized spacial score (nSPS) is 13.5. The van der Waals surface area contributed by atoms with Crippen molar-refractivity contribution in [3.05, 3.63) is 102 Å². The number of benzene rings is 3. The number of fused-ring (bicyclic) bond motifs is 3. The van der Waals surface area contributed by atoms with Crippen molar-refractivity contribution >= 4 is 33.3 Å². The van der Waals surface area contributed by atoms with Gasteiger partial charge in [-0.3, -0.25) is 0 Å². The first kappa shape index (κ1) is 18.0. The lowest BCUT2D eigenvalue weighted by molar-refractivity contribution is 0.770. The van der Waals surface area contributed by atoms with E-state index in [2.05, 4.69) is 94.5 Å². The predicted octanol–water partition coefficient (Wildman–Crippen LogP) is 5.91. The van der Waals surface area contributed by atoms with Gasteiger partial charge in [-0.1, -0.05) is 42.5 Å². The molecule has 0 saturated carbocycles. The molecule has 4 nitrogen and oxygen atoms in total. The third-order valence-corrected chi connectivity index (χ3v) is 6.29. The summed E-state index contributed by atoms with van der Waals surface area (Å²) in [7, 11) is 0. The van der Waals surface area contributed by atoms with Gasteiger partial charge in [0.2, 0.25) is 0 Å². The van der Waals surface area contributed by atoms with E-state index in [1.165, 1.54) is 27.6 Å². The van der Waals surface area contributed by atoms with Crippen molar-refractivity contribution in [2.45, 2.75) is 25.4 Å². The number of pyridine rings is 1. The summed E-state index contributed by atoms with van der Waals surface area (Å²) >= 11 is 0. The number of hydrogen-bond acceptors (Lipinski definition) is 3. The van der Waals surface area contributed by atoms with Gasteiger partial charge in [0.05, 0.1) is 5.52 Å². The second-order valence-electron chi connectivity index (χ2n) is 8.30. The summed E-state index contributed by atoms with van der Waals surface area (Å²) in [4.78, 5) is 8.19. The molecule has 2 heterocycles. The van der Waals surface area contributed by atoms with Gasteiger partial charge in [0, 0.05) is 40.8 Å². The van der Waals surface area contributed by atoms with Crippen molar-refractivity contribution in [3.8, 4) is 0 Å². The van der Waals surface area contributed by atoms with E-state index in [4.69, 9.17) is 4.98 Å². The van der Waals surface area contributed by atoms with Crippen LogP contribution in [0, 0.1) is 0 Å². The Hall–Kier alpha value is -3.79. The molecule has 31 heavy (non-hydrogen) atoms. The maximum atomic E-state index is 4.90. The predicted molar refractivity (Wildman–Crippen MR) is 129 cm³/mol. The van der Waals surface area contributed by atoms with E-state index in [0.717, 1.165) is 41.8 Å². The molecule has 0 radical (unpaired) electrons. The van der Waals surface area contributed by atoms with E-state index in [9.17, 15) is 0 Å². The van der Waals surface area contributed by atoms with Crippen molar-refractivity contribution in [1.82, 2.24) is 9.97 Å². The van der Waals surface area contributed by atoms with Gasteiger partial charge in [-0.25, -0.2) is 4.98 Å². The van der Waals surface area contributed by atoms with Crippen LogP contribution in [0.15, 0.2) is 85.1 Å². The Morgan fingerprint density at radius 1 is 0.806 bits per heavy atom. The van der Waals surface area contributed by atoms with Gasteiger partial charge in [-0.15, -0.1) is 0 Å². The molecule has 0 aliphatic heterocycles. The summed E-state index contributed by atoms with van der Waals surface area (Å²) in [6.45, 7) is 0.772. The van der Waals surface area contributed by atoms with Crippen LogP contribution >= 0.6 is 0 Å². The molecule has 5 aromatic rings. The molecule has 152 valence electrons. The van der Waals surface area contributed by atoms with Crippen LogP contribution in [-0.4, -0.2) is 16.0 Å². The molecule has 3 N–H and O–H groups in total. The standard InChI is InChI=1S/C27H24N4/c1-2-6-19-16-21(15-18(19)5-1)30-27-12-11-23-25(9-4-10-26(23)31-27)29-17-20-7-3-8-24-22(20)13-14-28-24/h1-14,21,28-29H,15-17H2,(H,30,31). The molecule has 0 saturated heterocycles. The Labute approximate surface area is 181 Å². The number of hydrogen-bond donors (Lipinski definition) is 3. The first-order valence-electron chi connectivity index (χ1n) is 10.9. The summed E-state index contributed by atoms with van der Waals surface area (Å²) in [6.07, 6.45) is 4.11. The first-order valence-corrected chi connectivity index (χ1v) is 10.9. The molecule has 0 atom stereocenters. The Bertz CT molecular complexity index is 1360. The highest BCUT2D eigenvalue weighted by Crippen LogP contribution is 2.28. The molecule has 0 bridgehead atoms. The maximum absolute atomic E-state index is 4.90. The number of nitrogens with zero attached hydrogens (tertiary/aromatic N) is 1. The molecule has 0 unspecified atom stereocenters. The summed E-state index contributed by atoms with van der Waals surface area (Å²) < 4.78 is 0. The fourth-order valence-corrected chi connectivity index (χ4v) is 4.75. The zero-order valence-corrected chi connectivity index (χ0v) is 17.2. The van der Waals surface area contributed by atoms with E-state index >= 15 is 0 Å². The van der Waals surface area contributed by atoms with Crippen LogP contribution in [0.4, 0.5) is 11.5 Å². The highest BCUT2D eigenvalue weighted by molar-refractivity contribution is 5.92. The van der Waals surface area contributed by atoms with Crippen LogP contribution in [0.25, 0.3) is 21.8 Å². The van der Waals surface area contributed by atoms with Crippen molar-refractivity contribution in [2.75, 3.05) is 10.6 Å².